The summed E-state index contributed by atoms with van der Waals surface area (Å²) in [6, 6.07) is 21.7. The number of para-hydroxylation sites is 1. The monoisotopic (exact) mass is 500 g/mol. The molecular weight excluding hydrogens is 469 g/mol. The van der Waals surface area contributed by atoms with Crippen LogP contribution in [-0.2, 0) is 22.5 Å². The molecule has 2 heterocycles. The largest absolute Gasteiger partial charge is 0.507 e. The van der Waals surface area contributed by atoms with E-state index in [1.54, 1.807) is 30.3 Å². The summed E-state index contributed by atoms with van der Waals surface area (Å²) in [4.78, 5) is 16.1. The van der Waals surface area contributed by atoms with Gasteiger partial charge in [-0.25, -0.2) is 9.18 Å². The molecule has 0 aromatic heterocycles. The number of phenolic OH excluding ortho intramolecular Hbond substituents is 1. The van der Waals surface area contributed by atoms with Crippen molar-refractivity contribution >= 4 is 22.9 Å². The second kappa shape index (κ2) is 10.7. The number of carbonyl (C=O) groups is 1. The molecule has 3 aromatic rings. The van der Waals surface area contributed by atoms with Gasteiger partial charge in [0.15, 0.2) is 0 Å². The van der Waals surface area contributed by atoms with Gasteiger partial charge in [-0.05, 0) is 42.8 Å². The Morgan fingerprint density at radius 1 is 1.00 bits per heavy atom. The van der Waals surface area contributed by atoms with E-state index in [4.69, 9.17) is 9.84 Å². The Morgan fingerprint density at radius 3 is 2.54 bits per heavy atom. The van der Waals surface area contributed by atoms with Crippen LogP contribution in [0, 0.1) is 5.82 Å². The Morgan fingerprint density at radius 2 is 1.76 bits per heavy atom. The van der Waals surface area contributed by atoms with E-state index in [0.29, 0.717) is 49.6 Å². The van der Waals surface area contributed by atoms with Crippen LogP contribution in [0.15, 0.2) is 84.0 Å². The van der Waals surface area contributed by atoms with Gasteiger partial charge in [0.05, 0.1) is 19.3 Å². The number of quaternary nitrogens is 1. The van der Waals surface area contributed by atoms with Gasteiger partial charge in [0.2, 0.25) is 0 Å². The fraction of sp³-hybridized carbons (Fsp3) is 0.267. The number of ether oxygens (including phenoxy) is 1. The predicted octanol–water partition coefficient (Wildman–Crippen LogP) is 4.93. The van der Waals surface area contributed by atoms with Crippen LogP contribution in [0.1, 0.15) is 23.6 Å². The molecule has 0 saturated carbocycles. The number of carbonyl (C=O) groups excluding carboxylic acids is 1. The molecule has 5 rings (SSSR count). The number of benzene rings is 3. The molecule has 1 atom stereocenters. The molecule has 1 fully saturated rings. The molecule has 1 N–H and O–H groups in total. The maximum absolute atomic E-state index is 13.9. The summed E-state index contributed by atoms with van der Waals surface area (Å²) in [5, 5.41) is 15.4. The Bertz CT molecular complexity index is 1360. The molecule has 2 aliphatic heterocycles. The van der Waals surface area contributed by atoms with Crippen LogP contribution in [0.2, 0.25) is 0 Å². The molecule has 0 bridgehead atoms. The van der Waals surface area contributed by atoms with Crippen molar-refractivity contribution in [3.8, 4) is 5.75 Å². The number of anilines is 1. The summed E-state index contributed by atoms with van der Waals surface area (Å²) in [6.45, 7) is 5.65. The van der Waals surface area contributed by atoms with E-state index in [9.17, 15) is 14.3 Å². The molecule has 1 unspecified atom stereocenters. The van der Waals surface area contributed by atoms with Crippen LogP contribution in [0.5, 0.6) is 5.75 Å². The summed E-state index contributed by atoms with van der Waals surface area (Å²) in [5.74, 6) is -0.361. The topological polar surface area (TPSA) is 62.1 Å². The van der Waals surface area contributed by atoms with Crippen molar-refractivity contribution in [3.05, 3.63) is 101 Å². The third-order valence-corrected chi connectivity index (χ3v) is 6.99. The van der Waals surface area contributed by atoms with Gasteiger partial charge in [0.1, 0.15) is 30.4 Å². The van der Waals surface area contributed by atoms with Crippen LogP contribution < -0.4 is 4.90 Å². The standard InChI is InChI=1S/C30H30FN3O3/c1-22-28(27-10-2-3-11-29(27)35)20-30(36)34(32-22,15-12-23-6-4-8-25(31)18-23)21-24-7-5-9-26(19-24)33-13-16-37-17-14-33/h2-11,18-20H,12-17,21H2,1H3/p+1. The number of nitrogens with zero attached hydrogens (tertiary/aromatic N) is 3. The summed E-state index contributed by atoms with van der Waals surface area (Å²) < 4.78 is 19.2. The highest BCUT2D eigenvalue weighted by atomic mass is 19.1. The molecular formula is C30H31FN3O3+. The number of aromatic hydroxyl groups is 1. The smallest absolute Gasteiger partial charge is 0.365 e. The van der Waals surface area contributed by atoms with E-state index in [0.717, 1.165) is 29.9 Å². The zero-order valence-electron chi connectivity index (χ0n) is 20.9. The zero-order chi connectivity index (χ0) is 25.8. The summed E-state index contributed by atoms with van der Waals surface area (Å²) in [5.41, 5.74) is 4.77. The van der Waals surface area contributed by atoms with E-state index in [2.05, 4.69) is 17.0 Å². The number of hydrogen-bond acceptors (Lipinski definition) is 5. The second-order valence-electron chi connectivity index (χ2n) is 9.55. The van der Waals surface area contributed by atoms with Gasteiger partial charge in [0.25, 0.3) is 0 Å². The van der Waals surface area contributed by atoms with Crippen LogP contribution in [0.4, 0.5) is 10.1 Å². The van der Waals surface area contributed by atoms with Gasteiger partial charge >= 0.3 is 5.91 Å². The lowest BCUT2D eigenvalue weighted by Crippen LogP contribution is -2.50. The maximum Gasteiger partial charge on any atom is 0.365 e. The highest BCUT2D eigenvalue weighted by molar-refractivity contribution is 6.27. The Balaban J connectivity index is 1.49. The molecule has 0 radical (unpaired) electrons. The van der Waals surface area contributed by atoms with Crippen molar-refractivity contribution in [2.45, 2.75) is 19.9 Å². The predicted molar refractivity (Wildman–Crippen MR) is 143 cm³/mol. The molecule has 190 valence electrons. The fourth-order valence-electron chi connectivity index (χ4n) is 5.05. The van der Waals surface area contributed by atoms with Crippen LogP contribution >= 0.6 is 0 Å². The van der Waals surface area contributed by atoms with Crippen LogP contribution in [0.25, 0.3) is 5.57 Å². The SMILES string of the molecule is CC1=N[N+](CCc2cccc(F)c2)(Cc2cccc(N3CCOCC3)c2)C(=O)C=C1c1ccccc1O. The lowest BCUT2D eigenvalue weighted by molar-refractivity contribution is -0.872. The Labute approximate surface area is 216 Å². The van der Waals surface area contributed by atoms with E-state index >= 15 is 0 Å². The first-order chi connectivity index (χ1) is 17.9. The summed E-state index contributed by atoms with van der Waals surface area (Å²) in [7, 11) is 0. The number of rotatable bonds is 7. The minimum Gasteiger partial charge on any atom is -0.507 e. The van der Waals surface area contributed by atoms with Crippen molar-refractivity contribution < 1.29 is 23.6 Å². The van der Waals surface area contributed by atoms with Crippen molar-refractivity contribution in [1.82, 2.24) is 0 Å². The molecule has 3 aromatic carbocycles. The molecule has 0 spiro atoms. The number of allylic oxidation sites excluding steroid dienone is 1. The number of phenols is 1. The first-order valence-corrected chi connectivity index (χ1v) is 12.6. The van der Waals surface area contributed by atoms with Crippen LogP contribution in [-0.4, -0.2) is 54.2 Å². The Kier molecular flexibility index (Phi) is 7.17. The molecule has 2 aliphatic rings. The molecule has 6 nitrogen and oxygen atoms in total. The summed E-state index contributed by atoms with van der Waals surface area (Å²) in [6.07, 6.45) is 2.08. The molecule has 0 aliphatic carbocycles. The average molecular weight is 501 g/mol. The molecule has 1 saturated heterocycles. The van der Waals surface area contributed by atoms with Gasteiger partial charge in [-0.2, -0.15) is 0 Å². The molecule has 1 amide bonds. The third-order valence-electron chi connectivity index (χ3n) is 6.99. The summed E-state index contributed by atoms with van der Waals surface area (Å²) >= 11 is 0. The van der Waals surface area contributed by atoms with Gasteiger partial charge in [0, 0.05) is 41.9 Å². The van der Waals surface area contributed by atoms with Crippen molar-refractivity contribution in [2.75, 3.05) is 37.7 Å². The Hall–Kier alpha value is -3.81. The van der Waals surface area contributed by atoms with Crippen molar-refractivity contribution in [3.63, 3.8) is 0 Å². The quantitative estimate of drug-likeness (QED) is 0.468. The average Bonchev–Trinajstić information content (AvgIpc) is 2.91. The highest BCUT2D eigenvalue weighted by Crippen LogP contribution is 2.32. The maximum atomic E-state index is 13.9. The normalized spacial score (nSPS) is 19.9. The van der Waals surface area contributed by atoms with Gasteiger partial charge in [-0.3, -0.25) is 0 Å². The highest BCUT2D eigenvalue weighted by Gasteiger charge is 2.40. The van der Waals surface area contributed by atoms with Gasteiger partial charge < -0.3 is 14.7 Å². The minimum absolute atomic E-state index is 0.106. The van der Waals surface area contributed by atoms with E-state index < -0.39 is 0 Å². The van der Waals surface area contributed by atoms with E-state index in [1.807, 2.05) is 31.2 Å². The minimum atomic E-state index is -0.298. The van der Waals surface area contributed by atoms with Crippen molar-refractivity contribution in [2.24, 2.45) is 5.10 Å². The number of halogens is 1. The zero-order valence-corrected chi connectivity index (χ0v) is 20.9. The van der Waals surface area contributed by atoms with Crippen LogP contribution in [0.3, 0.4) is 0 Å². The van der Waals surface area contributed by atoms with Gasteiger partial charge in [-0.15, -0.1) is 4.59 Å². The van der Waals surface area contributed by atoms with Gasteiger partial charge in [-0.1, -0.05) is 47.6 Å². The number of amides is 1. The molecule has 37 heavy (non-hydrogen) atoms. The molecule has 7 heteroatoms. The van der Waals surface area contributed by atoms with Crippen molar-refractivity contribution in [1.29, 1.82) is 0 Å². The number of morpholine rings is 1. The van der Waals surface area contributed by atoms with E-state index in [-0.39, 0.29) is 22.1 Å². The fourth-order valence-corrected chi connectivity index (χ4v) is 5.05. The third kappa shape index (κ3) is 5.48. The first kappa shape index (κ1) is 24.9. The number of hydrogen-bond donors (Lipinski definition) is 1. The first-order valence-electron chi connectivity index (χ1n) is 12.6. The lowest BCUT2D eigenvalue weighted by atomic mass is 9.98. The van der Waals surface area contributed by atoms with E-state index in [1.165, 1.54) is 12.1 Å². The second-order valence-corrected chi connectivity index (χ2v) is 9.55. The lowest BCUT2D eigenvalue weighted by Gasteiger charge is -2.33.